The number of fused-ring (bicyclic) bond motifs is 1. The van der Waals surface area contributed by atoms with E-state index in [0.717, 1.165) is 54.0 Å². The highest BCUT2D eigenvalue weighted by atomic mass is 16.5. The van der Waals surface area contributed by atoms with Crippen molar-refractivity contribution in [2.75, 3.05) is 55.9 Å². The number of methoxy groups -OCH3 is 1. The van der Waals surface area contributed by atoms with Gasteiger partial charge in [-0.25, -0.2) is 9.97 Å². The molecule has 1 saturated heterocycles. The lowest BCUT2D eigenvalue weighted by atomic mass is 10.1. The molecule has 3 N–H and O–H groups in total. The molecule has 2 aromatic heterocycles. The van der Waals surface area contributed by atoms with E-state index in [-0.39, 0.29) is 5.91 Å². The summed E-state index contributed by atoms with van der Waals surface area (Å²) in [5, 5.41) is 7.43. The molecule has 9 nitrogen and oxygen atoms in total. The second-order valence-electron chi connectivity index (χ2n) is 10.3. The van der Waals surface area contributed by atoms with Crippen molar-refractivity contribution in [1.82, 2.24) is 19.9 Å². The molecule has 1 aliphatic rings. The van der Waals surface area contributed by atoms with Gasteiger partial charge in [0.05, 0.1) is 12.5 Å². The van der Waals surface area contributed by atoms with E-state index in [9.17, 15) is 4.79 Å². The average molecular weight is 548 g/mol. The minimum atomic E-state index is -0.198. The Morgan fingerprint density at radius 3 is 2.41 bits per heavy atom. The summed E-state index contributed by atoms with van der Waals surface area (Å²) < 4.78 is 5.20. The van der Waals surface area contributed by atoms with Crippen molar-refractivity contribution < 1.29 is 9.53 Å². The molecule has 41 heavy (non-hydrogen) atoms. The van der Waals surface area contributed by atoms with Crippen molar-refractivity contribution in [3.8, 4) is 17.1 Å². The number of piperazine rings is 1. The second-order valence-corrected chi connectivity index (χ2v) is 10.3. The van der Waals surface area contributed by atoms with Gasteiger partial charge in [0.2, 0.25) is 0 Å². The number of likely N-dealkylation sites (N-methyl/N-ethyl adjacent to an activating group) is 1. The highest BCUT2D eigenvalue weighted by Gasteiger charge is 2.17. The molecule has 0 bridgehead atoms. The number of nitrogens with one attached hydrogen (secondary N) is 3. The lowest BCUT2D eigenvalue weighted by Crippen LogP contribution is -2.44. The number of anilines is 4. The van der Waals surface area contributed by atoms with Gasteiger partial charge in [-0.1, -0.05) is 12.1 Å². The summed E-state index contributed by atoms with van der Waals surface area (Å²) in [6.45, 7) is 6.16. The van der Waals surface area contributed by atoms with Gasteiger partial charge < -0.3 is 30.2 Å². The van der Waals surface area contributed by atoms with Gasteiger partial charge >= 0.3 is 0 Å². The predicted molar refractivity (Wildman–Crippen MR) is 164 cm³/mol. The minimum Gasteiger partial charge on any atom is -0.497 e. The Hall–Kier alpha value is -4.89. The maximum atomic E-state index is 12.9. The summed E-state index contributed by atoms with van der Waals surface area (Å²) in [4.78, 5) is 30.7. The van der Waals surface area contributed by atoms with Crippen LogP contribution in [-0.2, 0) is 0 Å². The van der Waals surface area contributed by atoms with Gasteiger partial charge in [-0.05, 0) is 80.2 Å². The van der Waals surface area contributed by atoms with Gasteiger partial charge in [-0.2, -0.15) is 0 Å². The number of aromatic amines is 1. The van der Waals surface area contributed by atoms with Crippen LogP contribution >= 0.6 is 0 Å². The first-order chi connectivity index (χ1) is 20.0. The van der Waals surface area contributed by atoms with Crippen molar-refractivity contribution in [3.05, 3.63) is 90.1 Å². The van der Waals surface area contributed by atoms with Crippen LogP contribution in [0.15, 0.2) is 79.0 Å². The predicted octanol–water partition coefficient (Wildman–Crippen LogP) is 5.69. The summed E-state index contributed by atoms with van der Waals surface area (Å²) in [7, 11) is 3.76. The van der Waals surface area contributed by atoms with Crippen LogP contribution in [0, 0.1) is 6.92 Å². The molecule has 1 aliphatic heterocycles. The molecule has 0 radical (unpaired) electrons. The van der Waals surface area contributed by atoms with E-state index in [1.54, 1.807) is 31.4 Å². The van der Waals surface area contributed by atoms with Gasteiger partial charge in [-0.15, -0.1) is 0 Å². The number of rotatable bonds is 7. The second kappa shape index (κ2) is 11.3. The summed E-state index contributed by atoms with van der Waals surface area (Å²) in [5.74, 6) is 1.78. The monoisotopic (exact) mass is 547 g/mol. The number of benzene rings is 3. The Morgan fingerprint density at radius 1 is 0.927 bits per heavy atom. The standard InChI is InChI=1S/C32H33N7O2/c1-21-26(5-4-6-28(21)35-32(40)22-7-13-25(41-3)14-8-22)30-36-29-27(15-16-33-29)31(37-30)34-23-9-11-24(12-10-23)39-19-17-38(2)18-20-39/h4-16H,17-20H2,1-3H3,(H,35,40)(H2,33,34,36,37). The Morgan fingerprint density at radius 2 is 1.68 bits per heavy atom. The zero-order chi connectivity index (χ0) is 28.3. The molecule has 3 aromatic carbocycles. The van der Waals surface area contributed by atoms with Crippen LogP contribution in [0.4, 0.5) is 22.9 Å². The number of hydrogen-bond acceptors (Lipinski definition) is 7. The fourth-order valence-corrected chi connectivity index (χ4v) is 5.06. The largest absolute Gasteiger partial charge is 0.497 e. The third-order valence-electron chi connectivity index (χ3n) is 7.59. The third-order valence-corrected chi connectivity index (χ3v) is 7.59. The molecule has 0 saturated carbocycles. The number of H-pyrrole nitrogens is 1. The molecule has 9 heteroatoms. The third kappa shape index (κ3) is 5.57. The van der Waals surface area contributed by atoms with E-state index >= 15 is 0 Å². The maximum absolute atomic E-state index is 12.9. The molecule has 6 rings (SSSR count). The SMILES string of the molecule is COc1ccc(C(=O)Nc2cccc(-c3nc(Nc4ccc(N5CCN(C)CC5)cc4)c4cc[nH]c4n3)c2C)cc1. The van der Waals surface area contributed by atoms with Gasteiger partial charge in [0.1, 0.15) is 17.2 Å². The van der Waals surface area contributed by atoms with Crippen LogP contribution in [0.3, 0.4) is 0 Å². The lowest BCUT2D eigenvalue weighted by molar-refractivity contribution is 0.102. The van der Waals surface area contributed by atoms with E-state index in [4.69, 9.17) is 14.7 Å². The van der Waals surface area contributed by atoms with Crippen LogP contribution < -0.4 is 20.3 Å². The van der Waals surface area contributed by atoms with E-state index in [1.165, 1.54) is 5.69 Å². The number of carbonyl (C=O) groups excluding carboxylic acids is 1. The highest BCUT2D eigenvalue weighted by Crippen LogP contribution is 2.31. The molecule has 208 valence electrons. The van der Waals surface area contributed by atoms with Gasteiger partial charge in [0.25, 0.3) is 5.91 Å². The number of aromatic nitrogens is 3. The number of carbonyl (C=O) groups is 1. The quantitative estimate of drug-likeness (QED) is 0.241. The Labute approximate surface area is 239 Å². The van der Waals surface area contributed by atoms with Crippen molar-refractivity contribution >= 4 is 39.8 Å². The smallest absolute Gasteiger partial charge is 0.255 e. The van der Waals surface area contributed by atoms with E-state index in [1.807, 2.05) is 37.4 Å². The first-order valence-electron chi connectivity index (χ1n) is 13.7. The summed E-state index contributed by atoms with van der Waals surface area (Å²) in [6, 6.07) is 23.2. The summed E-state index contributed by atoms with van der Waals surface area (Å²) >= 11 is 0. The molecule has 3 heterocycles. The Balaban J connectivity index is 1.26. The lowest BCUT2D eigenvalue weighted by Gasteiger charge is -2.34. The highest BCUT2D eigenvalue weighted by molar-refractivity contribution is 6.05. The van der Waals surface area contributed by atoms with Gasteiger partial charge in [0.15, 0.2) is 5.82 Å². The molecule has 1 amide bonds. The van der Waals surface area contributed by atoms with Crippen molar-refractivity contribution in [2.45, 2.75) is 6.92 Å². The number of ether oxygens (including phenoxy) is 1. The molecule has 5 aromatic rings. The molecule has 0 unspecified atom stereocenters. The van der Waals surface area contributed by atoms with Crippen LogP contribution in [-0.4, -0.2) is 66.1 Å². The van der Waals surface area contributed by atoms with E-state index in [2.05, 4.69) is 56.7 Å². The zero-order valence-corrected chi connectivity index (χ0v) is 23.4. The molecule has 0 aliphatic carbocycles. The number of nitrogens with zero attached hydrogens (tertiary/aromatic N) is 4. The summed E-state index contributed by atoms with van der Waals surface area (Å²) in [5.41, 5.74) is 5.87. The molecular formula is C32H33N7O2. The molecule has 0 atom stereocenters. The Kier molecular flexibility index (Phi) is 7.26. The van der Waals surface area contributed by atoms with Crippen LogP contribution in [0.2, 0.25) is 0 Å². The Bertz CT molecular complexity index is 1670. The van der Waals surface area contributed by atoms with E-state index in [0.29, 0.717) is 28.6 Å². The van der Waals surface area contributed by atoms with E-state index < -0.39 is 0 Å². The summed E-state index contributed by atoms with van der Waals surface area (Å²) in [6.07, 6.45) is 1.86. The minimum absolute atomic E-state index is 0.198. The zero-order valence-electron chi connectivity index (χ0n) is 23.4. The van der Waals surface area contributed by atoms with Gasteiger partial charge in [-0.3, -0.25) is 4.79 Å². The average Bonchev–Trinajstić information content (AvgIpc) is 3.48. The fourth-order valence-electron chi connectivity index (χ4n) is 5.06. The van der Waals surface area contributed by atoms with Crippen LogP contribution in [0.1, 0.15) is 15.9 Å². The number of amides is 1. The van der Waals surface area contributed by atoms with Crippen LogP contribution in [0.25, 0.3) is 22.4 Å². The molecular weight excluding hydrogens is 514 g/mol. The maximum Gasteiger partial charge on any atom is 0.255 e. The first kappa shape index (κ1) is 26.3. The molecule has 0 spiro atoms. The van der Waals surface area contributed by atoms with Crippen molar-refractivity contribution in [1.29, 1.82) is 0 Å². The van der Waals surface area contributed by atoms with Gasteiger partial charge in [0, 0.05) is 60.6 Å². The van der Waals surface area contributed by atoms with Crippen molar-refractivity contribution in [3.63, 3.8) is 0 Å². The normalized spacial score (nSPS) is 13.8. The van der Waals surface area contributed by atoms with Crippen molar-refractivity contribution in [2.24, 2.45) is 0 Å². The number of hydrogen-bond donors (Lipinski definition) is 3. The molecule has 1 fully saturated rings. The topological polar surface area (TPSA) is 98.4 Å². The first-order valence-corrected chi connectivity index (χ1v) is 13.7. The van der Waals surface area contributed by atoms with Crippen LogP contribution in [0.5, 0.6) is 5.75 Å². The fraction of sp³-hybridized carbons (Fsp3) is 0.219.